The molecule has 13 heavy (non-hydrogen) atoms. The van der Waals surface area contributed by atoms with E-state index in [2.05, 4.69) is 28.7 Å². The number of rotatable bonds is 5. The highest BCUT2D eigenvalue weighted by molar-refractivity contribution is 7.98. The highest BCUT2D eigenvalue weighted by atomic mass is 32.2. The summed E-state index contributed by atoms with van der Waals surface area (Å²) in [6, 6.07) is 4.32. The molecule has 0 aromatic carbocycles. The summed E-state index contributed by atoms with van der Waals surface area (Å²) in [6.07, 6.45) is 4.90. The van der Waals surface area contributed by atoms with Gasteiger partial charge in [-0.05, 0) is 24.8 Å². The van der Waals surface area contributed by atoms with Gasteiger partial charge < -0.3 is 5.32 Å². The quantitative estimate of drug-likeness (QED) is 0.783. The Labute approximate surface area is 83.3 Å². The van der Waals surface area contributed by atoms with Crippen molar-refractivity contribution >= 4 is 17.6 Å². The van der Waals surface area contributed by atoms with Crippen LogP contribution in [0.1, 0.15) is 13.3 Å². The Morgan fingerprint density at radius 2 is 2.46 bits per heavy atom. The van der Waals surface area contributed by atoms with Gasteiger partial charge in [-0.15, -0.1) is 5.10 Å². The largest absolute Gasteiger partial charge is 0.365 e. The van der Waals surface area contributed by atoms with E-state index in [4.69, 9.17) is 0 Å². The van der Waals surface area contributed by atoms with E-state index in [0.717, 1.165) is 18.0 Å². The van der Waals surface area contributed by atoms with Crippen LogP contribution in [0.5, 0.6) is 0 Å². The van der Waals surface area contributed by atoms with Crippen LogP contribution in [-0.2, 0) is 0 Å². The summed E-state index contributed by atoms with van der Waals surface area (Å²) >= 11 is 1.84. The lowest BCUT2D eigenvalue weighted by Crippen LogP contribution is -2.21. The summed E-state index contributed by atoms with van der Waals surface area (Å²) in [6.45, 7) is 2.17. The molecule has 1 N–H and O–H groups in total. The highest BCUT2D eigenvalue weighted by Gasteiger charge is 2.04. The molecule has 1 rings (SSSR count). The maximum absolute atomic E-state index is 3.98. The number of nitrogens with one attached hydrogen (secondary N) is 1. The number of aromatic nitrogens is 2. The molecular formula is C9H15N3S. The molecule has 0 spiro atoms. The molecule has 0 saturated heterocycles. The zero-order valence-corrected chi connectivity index (χ0v) is 8.84. The van der Waals surface area contributed by atoms with Gasteiger partial charge in [0.05, 0.1) is 0 Å². The second-order valence-electron chi connectivity index (χ2n) is 2.81. The topological polar surface area (TPSA) is 37.8 Å². The van der Waals surface area contributed by atoms with Crippen LogP contribution in [0.4, 0.5) is 5.82 Å². The van der Waals surface area contributed by atoms with E-state index in [-0.39, 0.29) is 0 Å². The van der Waals surface area contributed by atoms with Gasteiger partial charge in [0.25, 0.3) is 0 Å². The maximum atomic E-state index is 3.98. The standard InChI is InChI=1S/C9H15N3S/c1-3-8(7-13-2)11-9-5-4-6-10-12-9/h4-6,8H,3,7H2,1-2H3,(H,11,12). The molecule has 1 aromatic heterocycles. The Balaban J connectivity index is 2.46. The Morgan fingerprint density at radius 3 is 3.00 bits per heavy atom. The van der Waals surface area contributed by atoms with Crippen molar-refractivity contribution in [1.29, 1.82) is 0 Å². The van der Waals surface area contributed by atoms with Crippen LogP contribution in [0.3, 0.4) is 0 Å². The first-order valence-electron chi connectivity index (χ1n) is 4.40. The second-order valence-corrected chi connectivity index (χ2v) is 3.72. The normalized spacial score (nSPS) is 12.5. The molecule has 1 heterocycles. The van der Waals surface area contributed by atoms with Crippen molar-refractivity contribution in [3.05, 3.63) is 18.3 Å². The molecule has 0 radical (unpaired) electrons. The Hall–Kier alpha value is -0.770. The third-order valence-electron chi connectivity index (χ3n) is 1.78. The van der Waals surface area contributed by atoms with Gasteiger partial charge in [0.1, 0.15) is 5.82 Å². The van der Waals surface area contributed by atoms with Crippen molar-refractivity contribution < 1.29 is 0 Å². The number of nitrogens with zero attached hydrogens (tertiary/aromatic N) is 2. The van der Waals surface area contributed by atoms with Crippen LogP contribution in [-0.4, -0.2) is 28.2 Å². The van der Waals surface area contributed by atoms with Crippen LogP contribution in [0.15, 0.2) is 18.3 Å². The summed E-state index contributed by atoms with van der Waals surface area (Å²) in [5.41, 5.74) is 0. The van der Waals surface area contributed by atoms with Gasteiger partial charge in [-0.2, -0.15) is 16.9 Å². The molecule has 0 amide bonds. The third kappa shape index (κ3) is 3.63. The van der Waals surface area contributed by atoms with E-state index in [1.807, 2.05) is 23.9 Å². The molecule has 0 fully saturated rings. The molecule has 1 aromatic rings. The first kappa shape index (κ1) is 10.3. The zero-order chi connectivity index (χ0) is 9.52. The molecule has 4 heteroatoms. The lowest BCUT2D eigenvalue weighted by molar-refractivity contribution is 0.765. The molecule has 0 aliphatic heterocycles. The van der Waals surface area contributed by atoms with E-state index in [0.29, 0.717) is 6.04 Å². The Bertz CT molecular complexity index is 228. The van der Waals surface area contributed by atoms with E-state index in [9.17, 15) is 0 Å². The summed E-state index contributed by atoms with van der Waals surface area (Å²) in [7, 11) is 0. The average Bonchev–Trinajstić information content (AvgIpc) is 2.19. The average molecular weight is 197 g/mol. The SMILES string of the molecule is CCC(CSC)Nc1cccnn1. The van der Waals surface area contributed by atoms with Crippen molar-refractivity contribution in [2.45, 2.75) is 19.4 Å². The molecule has 0 bridgehead atoms. The van der Waals surface area contributed by atoms with Crippen LogP contribution in [0.2, 0.25) is 0 Å². The van der Waals surface area contributed by atoms with Crippen LogP contribution in [0, 0.1) is 0 Å². The van der Waals surface area contributed by atoms with Crippen LogP contribution >= 0.6 is 11.8 Å². The van der Waals surface area contributed by atoms with Crippen LogP contribution in [0.25, 0.3) is 0 Å². The smallest absolute Gasteiger partial charge is 0.148 e. The molecule has 0 saturated carbocycles. The predicted octanol–water partition coefficient (Wildman–Crippen LogP) is 2.03. The fourth-order valence-electron chi connectivity index (χ4n) is 1.05. The van der Waals surface area contributed by atoms with E-state index in [1.165, 1.54) is 0 Å². The minimum atomic E-state index is 0.492. The number of hydrogen-bond acceptors (Lipinski definition) is 4. The summed E-state index contributed by atoms with van der Waals surface area (Å²) in [4.78, 5) is 0. The number of thioether (sulfide) groups is 1. The summed E-state index contributed by atoms with van der Waals surface area (Å²) in [5.74, 6) is 1.97. The van der Waals surface area contributed by atoms with Gasteiger partial charge in [0, 0.05) is 18.0 Å². The zero-order valence-electron chi connectivity index (χ0n) is 8.03. The number of hydrogen-bond donors (Lipinski definition) is 1. The predicted molar refractivity (Wildman–Crippen MR) is 58.1 cm³/mol. The van der Waals surface area contributed by atoms with E-state index in [1.54, 1.807) is 6.20 Å². The first-order chi connectivity index (χ1) is 6.36. The second kappa shape index (κ2) is 5.80. The maximum Gasteiger partial charge on any atom is 0.148 e. The van der Waals surface area contributed by atoms with Crippen molar-refractivity contribution in [3.8, 4) is 0 Å². The van der Waals surface area contributed by atoms with Gasteiger partial charge in [0.15, 0.2) is 0 Å². The van der Waals surface area contributed by atoms with Gasteiger partial charge in [-0.3, -0.25) is 0 Å². The van der Waals surface area contributed by atoms with Gasteiger partial charge in [-0.1, -0.05) is 6.92 Å². The molecular weight excluding hydrogens is 182 g/mol. The molecule has 72 valence electrons. The molecule has 1 atom stereocenters. The third-order valence-corrected chi connectivity index (χ3v) is 2.52. The lowest BCUT2D eigenvalue weighted by Gasteiger charge is -2.15. The number of anilines is 1. The van der Waals surface area contributed by atoms with Crippen molar-refractivity contribution in [2.24, 2.45) is 0 Å². The van der Waals surface area contributed by atoms with Gasteiger partial charge >= 0.3 is 0 Å². The molecule has 1 unspecified atom stereocenters. The molecule has 0 aliphatic rings. The summed E-state index contributed by atoms with van der Waals surface area (Å²) < 4.78 is 0. The monoisotopic (exact) mass is 197 g/mol. The van der Waals surface area contributed by atoms with Gasteiger partial charge in [0.2, 0.25) is 0 Å². The fraction of sp³-hybridized carbons (Fsp3) is 0.556. The fourth-order valence-corrected chi connectivity index (χ4v) is 1.77. The van der Waals surface area contributed by atoms with E-state index >= 15 is 0 Å². The highest BCUT2D eigenvalue weighted by Crippen LogP contribution is 2.07. The van der Waals surface area contributed by atoms with Crippen molar-refractivity contribution in [3.63, 3.8) is 0 Å². The van der Waals surface area contributed by atoms with Crippen LogP contribution < -0.4 is 5.32 Å². The Morgan fingerprint density at radius 1 is 1.62 bits per heavy atom. The van der Waals surface area contributed by atoms with Crippen molar-refractivity contribution in [1.82, 2.24) is 10.2 Å². The summed E-state index contributed by atoms with van der Waals surface area (Å²) in [5, 5.41) is 11.1. The minimum Gasteiger partial charge on any atom is -0.365 e. The molecule has 3 nitrogen and oxygen atoms in total. The Kier molecular flexibility index (Phi) is 4.60. The van der Waals surface area contributed by atoms with Gasteiger partial charge in [-0.25, -0.2) is 0 Å². The van der Waals surface area contributed by atoms with E-state index < -0.39 is 0 Å². The molecule has 0 aliphatic carbocycles. The van der Waals surface area contributed by atoms with Crippen molar-refractivity contribution in [2.75, 3.05) is 17.3 Å². The lowest BCUT2D eigenvalue weighted by atomic mass is 10.2. The minimum absolute atomic E-state index is 0.492. The first-order valence-corrected chi connectivity index (χ1v) is 5.79.